The van der Waals surface area contributed by atoms with Crippen LogP contribution in [0, 0.1) is 5.82 Å². The smallest absolute Gasteiger partial charge is 0.410 e. The Bertz CT molecular complexity index is 2240. The number of amides is 3. The molecule has 2 aliphatic heterocycles. The first-order valence-corrected chi connectivity index (χ1v) is 28.8. The maximum atomic E-state index is 15.0. The minimum absolute atomic E-state index is 0.00386. The number of hydrogen-bond donors (Lipinski definition) is 1. The summed E-state index contributed by atoms with van der Waals surface area (Å²) in [6, 6.07) is 11.1. The Labute approximate surface area is 464 Å². The number of benzene rings is 2. The number of aromatic nitrogens is 2. The van der Waals surface area contributed by atoms with Crippen molar-refractivity contribution in [3.05, 3.63) is 75.5 Å². The van der Waals surface area contributed by atoms with Gasteiger partial charge >= 0.3 is 6.09 Å². The monoisotopic (exact) mass is 1090 g/mol. The number of likely N-dealkylation sites (tertiary alicyclic amines) is 1. The molecule has 0 bridgehead atoms. The lowest BCUT2D eigenvalue weighted by molar-refractivity contribution is -0.135. The molecular formula is C58H89BClFN6O10. The number of piperidine rings is 1. The zero-order valence-corrected chi connectivity index (χ0v) is 47.8. The molecule has 77 heavy (non-hydrogen) atoms. The van der Waals surface area contributed by atoms with Gasteiger partial charge in [-0.1, -0.05) is 89.9 Å². The molecule has 2 radical (unpaired) electrons. The first-order chi connectivity index (χ1) is 37.4. The fraction of sp³-hybridized carbons (Fsp3) is 0.672. The molecular weight excluding hydrogens is 1010 g/mol. The Hall–Kier alpha value is -4.91. The van der Waals surface area contributed by atoms with Crippen LogP contribution < -0.4 is 5.56 Å². The number of ether oxygens (including phenoxy) is 3. The lowest BCUT2D eigenvalue weighted by Crippen LogP contribution is -2.53. The molecule has 2 aromatic carbocycles. The van der Waals surface area contributed by atoms with Crippen LogP contribution in [-0.4, -0.2) is 169 Å². The van der Waals surface area contributed by atoms with Crippen LogP contribution in [0.3, 0.4) is 0 Å². The van der Waals surface area contributed by atoms with Crippen LogP contribution in [0.15, 0.2) is 47.3 Å². The largest absolute Gasteiger partial charge is 0.483 e. The lowest BCUT2D eigenvalue weighted by atomic mass is 9.98. The summed E-state index contributed by atoms with van der Waals surface area (Å²) in [4.78, 5) is 79.1. The number of methoxy groups -OCH3 is 1. The molecule has 1 atom stereocenters. The number of alkyl halides is 1. The Morgan fingerprint density at radius 2 is 1.35 bits per heavy atom. The Morgan fingerprint density at radius 1 is 0.805 bits per heavy atom. The molecule has 1 unspecified atom stereocenters. The first-order valence-electron chi connectivity index (χ1n) is 28.3. The number of hydrogen-bond acceptors (Lipinski definition) is 11. The molecule has 1 N–H and O–H groups in total. The summed E-state index contributed by atoms with van der Waals surface area (Å²) in [6.07, 6.45) is 22.1. The Balaban J connectivity index is 0.000000592. The third-order valence-corrected chi connectivity index (χ3v) is 15.0. The second-order valence-corrected chi connectivity index (χ2v) is 20.4. The van der Waals surface area contributed by atoms with E-state index in [4.69, 9.17) is 35.7 Å². The van der Waals surface area contributed by atoms with E-state index in [-0.39, 0.29) is 61.9 Å². The van der Waals surface area contributed by atoms with E-state index in [2.05, 4.69) is 17.8 Å². The molecule has 428 valence electrons. The zero-order chi connectivity index (χ0) is 56.5. The normalized spacial score (nSPS) is 17.9. The van der Waals surface area contributed by atoms with Gasteiger partial charge in [0.15, 0.2) is 0 Å². The molecule has 3 heterocycles. The number of nitrogens with zero attached hydrogens (tertiary/aromatic N) is 6. The molecule has 8 rings (SSSR count). The molecule has 3 aromatic rings. The standard InChI is InChI=1S/C41H53FN6O7.C7H14O.C6H11Cl.C2H6.CH3B.CH2O2/c1-3-45(41(53)55-31-9-5-4-6-10-31)20-15-29(2)54-32-16-18-44(19-17-32)27-38(50)46-21-23-47(24-22-46)39(51)35-25-30(13-14-36(35)42)26-37-33-11-7-8-12-34(33)40(52)48(28-49)43-37;1-8-7-5-3-2-4-6-7;7-6-4-2-1-3-5-6;2*1-2;2-1-3/h7-8,11-14,25,28-29,31-32H,3-6,9-10,15-24,26-27H2,1-2H3;7H,2-6H2,1H3;6H,1-5H2;1-2H3;1H3;1H,(H,2,3). The van der Waals surface area contributed by atoms with Crippen molar-refractivity contribution in [2.24, 2.45) is 0 Å². The fourth-order valence-electron chi connectivity index (χ4n) is 10.2. The van der Waals surface area contributed by atoms with Gasteiger partial charge in [-0.25, -0.2) is 9.18 Å². The first kappa shape index (κ1) is 66.4. The van der Waals surface area contributed by atoms with Gasteiger partial charge in [0.05, 0.1) is 49.3 Å². The number of carboxylic acid groups (broad SMARTS) is 1. The molecule has 3 aliphatic carbocycles. The van der Waals surface area contributed by atoms with E-state index in [0.29, 0.717) is 72.6 Å². The number of carbonyl (C=O) groups is 5. The predicted molar refractivity (Wildman–Crippen MR) is 303 cm³/mol. The van der Waals surface area contributed by atoms with E-state index in [1.165, 1.54) is 89.6 Å². The minimum Gasteiger partial charge on any atom is -0.483 e. The topological polar surface area (TPSA) is 181 Å². The highest BCUT2D eigenvalue weighted by atomic mass is 35.5. The van der Waals surface area contributed by atoms with Gasteiger partial charge in [-0.3, -0.25) is 28.9 Å². The molecule has 5 fully saturated rings. The van der Waals surface area contributed by atoms with Gasteiger partial charge in [0.2, 0.25) is 12.3 Å². The van der Waals surface area contributed by atoms with Crippen LogP contribution in [-0.2, 0) is 35.0 Å². The van der Waals surface area contributed by atoms with Crippen LogP contribution in [0.2, 0.25) is 6.82 Å². The highest BCUT2D eigenvalue weighted by Gasteiger charge is 2.30. The quantitative estimate of drug-likeness (QED) is 0.0918. The van der Waals surface area contributed by atoms with E-state index in [1.54, 1.807) is 45.0 Å². The van der Waals surface area contributed by atoms with Crippen molar-refractivity contribution >= 4 is 61.0 Å². The van der Waals surface area contributed by atoms with Crippen LogP contribution in [0.1, 0.15) is 165 Å². The van der Waals surface area contributed by atoms with Crippen molar-refractivity contribution in [3.8, 4) is 0 Å². The molecule has 0 spiro atoms. The highest BCUT2D eigenvalue weighted by molar-refractivity contribution is 6.20. The van der Waals surface area contributed by atoms with E-state index in [9.17, 15) is 24.0 Å². The van der Waals surface area contributed by atoms with Gasteiger partial charge in [0.1, 0.15) is 11.9 Å². The molecule has 2 saturated heterocycles. The lowest BCUT2D eigenvalue weighted by Gasteiger charge is -2.37. The molecule has 3 amide bonds. The summed E-state index contributed by atoms with van der Waals surface area (Å²) < 4.78 is 33.1. The SMILES string of the molecule is CC.CCN(CCC(C)OC1CCN(CC(=O)N2CCN(C(=O)c3cc(Cc4nn(C=O)c(=O)c5ccccc45)ccc3F)CC2)CC1)C(=O)OC1CCCCC1.COC1CCCCC1.ClC1CCCCC1.O=CO.[B]C. The van der Waals surface area contributed by atoms with E-state index in [0.717, 1.165) is 62.7 Å². The molecule has 19 heteroatoms. The van der Waals surface area contributed by atoms with Gasteiger partial charge in [0, 0.05) is 76.7 Å². The average Bonchev–Trinajstić information content (AvgIpc) is 3.48. The third-order valence-electron chi connectivity index (χ3n) is 14.6. The van der Waals surface area contributed by atoms with Crippen molar-refractivity contribution in [3.63, 3.8) is 0 Å². The molecule has 16 nitrogen and oxygen atoms in total. The summed E-state index contributed by atoms with van der Waals surface area (Å²) in [5.41, 5.74) is 0.452. The second-order valence-electron chi connectivity index (χ2n) is 19.8. The number of fused-ring (bicyclic) bond motifs is 1. The maximum absolute atomic E-state index is 15.0. The summed E-state index contributed by atoms with van der Waals surface area (Å²) in [5.74, 6) is -1.11. The van der Waals surface area contributed by atoms with Crippen LogP contribution in [0.5, 0.6) is 0 Å². The second kappa shape index (κ2) is 37.8. The highest BCUT2D eigenvalue weighted by Crippen LogP contribution is 2.25. The van der Waals surface area contributed by atoms with Gasteiger partial charge in [0.25, 0.3) is 17.9 Å². The third kappa shape index (κ3) is 22.8. The molecule has 1 aromatic heterocycles. The van der Waals surface area contributed by atoms with E-state index >= 15 is 4.39 Å². The summed E-state index contributed by atoms with van der Waals surface area (Å²) in [5, 5.41) is 12.5. The fourth-order valence-corrected chi connectivity index (χ4v) is 10.5. The summed E-state index contributed by atoms with van der Waals surface area (Å²) >= 11 is 5.82. The number of piperazine rings is 1. The van der Waals surface area contributed by atoms with Crippen molar-refractivity contribution in [2.75, 3.05) is 66.0 Å². The Morgan fingerprint density at radius 3 is 1.87 bits per heavy atom. The number of halogens is 2. The summed E-state index contributed by atoms with van der Waals surface area (Å²) in [6.45, 7) is 13.5. The average molecular weight is 1100 g/mol. The maximum Gasteiger partial charge on any atom is 0.410 e. The van der Waals surface area contributed by atoms with E-state index in [1.807, 2.05) is 34.8 Å². The zero-order valence-electron chi connectivity index (χ0n) is 47.0. The minimum atomic E-state index is -0.651. The number of rotatable bonds is 14. The Kier molecular flexibility index (Phi) is 32.6. The van der Waals surface area contributed by atoms with Crippen LogP contribution >= 0.6 is 11.6 Å². The van der Waals surface area contributed by atoms with Gasteiger partial charge in [-0.05, 0) is 108 Å². The molecule has 5 aliphatic rings. The van der Waals surface area contributed by atoms with Gasteiger partial charge < -0.3 is 34.0 Å². The van der Waals surface area contributed by atoms with Crippen LogP contribution in [0.4, 0.5) is 9.18 Å². The number of carbonyl (C=O) groups excluding carboxylic acids is 4. The van der Waals surface area contributed by atoms with Crippen molar-refractivity contribution < 1.29 is 47.7 Å². The van der Waals surface area contributed by atoms with Gasteiger partial charge in [-0.15, -0.1) is 11.6 Å². The van der Waals surface area contributed by atoms with Crippen molar-refractivity contribution in [1.29, 1.82) is 0 Å². The molecule has 3 saturated carbocycles. The van der Waals surface area contributed by atoms with Crippen LogP contribution in [0.25, 0.3) is 10.8 Å². The summed E-state index contributed by atoms with van der Waals surface area (Å²) in [7, 11) is 6.32. The van der Waals surface area contributed by atoms with Crippen molar-refractivity contribution in [1.82, 2.24) is 29.4 Å². The van der Waals surface area contributed by atoms with E-state index < -0.39 is 17.3 Å². The van der Waals surface area contributed by atoms with Crippen molar-refractivity contribution in [2.45, 2.75) is 186 Å². The predicted octanol–water partition coefficient (Wildman–Crippen LogP) is 9.95. The van der Waals surface area contributed by atoms with Gasteiger partial charge in [-0.2, -0.15) is 9.78 Å².